The Balaban J connectivity index is 1.57. The zero-order chi connectivity index (χ0) is 19.0. The normalized spacial score (nSPS) is 14.7. The van der Waals surface area contributed by atoms with Crippen molar-refractivity contribution in [2.45, 2.75) is 13.5 Å². The highest BCUT2D eigenvalue weighted by Gasteiger charge is 2.23. The second-order valence-electron chi connectivity index (χ2n) is 6.37. The van der Waals surface area contributed by atoms with Gasteiger partial charge in [0.2, 0.25) is 11.8 Å². The first-order valence-electron chi connectivity index (χ1n) is 8.58. The average molecular weight is 403 g/mol. The van der Waals surface area contributed by atoms with Gasteiger partial charge in [0, 0.05) is 48.9 Å². The monoisotopic (exact) mass is 402 g/mol. The Bertz CT molecular complexity index is 1050. The first-order chi connectivity index (χ1) is 13.0. The molecule has 4 heterocycles. The summed E-state index contributed by atoms with van der Waals surface area (Å²) in [5.74, 6) is -0.110. The van der Waals surface area contributed by atoms with Crippen molar-refractivity contribution >= 4 is 44.7 Å². The van der Waals surface area contributed by atoms with Crippen molar-refractivity contribution in [1.29, 1.82) is 0 Å². The number of carbonyl (C=O) groups is 2. The second kappa shape index (κ2) is 7.24. The summed E-state index contributed by atoms with van der Waals surface area (Å²) < 4.78 is 1.38. The van der Waals surface area contributed by atoms with Crippen LogP contribution >= 0.6 is 22.7 Å². The maximum absolute atomic E-state index is 13.0. The standard InChI is InChI=1S/C18H18N4O3S2/c1-12(23)20-4-6-21(7-5-20)15(24)9-22-11-19-17-16(18(22)25)13(10-27-17)14-3-2-8-26-14/h2-3,8,10-11H,4-7,9H2,1H3. The van der Waals surface area contributed by atoms with E-state index in [9.17, 15) is 14.4 Å². The maximum atomic E-state index is 13.0. The fourth-order valence-corrected chi connectivity index (χ4v) is 4.93. The maximum Gasteiger partial charge on any atom is 0.263 e. The molecule has 0 atom stereocenters. The molecule has 0 bridgehead atoms. The number of hydrogen-bond donors (Lipinski definition) is 0. The minimum atomic E-state index is -0.194. The van der Waals surface area contributed by atoms with Gasteiger partial charge in [0.25, 0.3) is 5.56 Å². The van der Waals surface area contributed by atoms with Crippen LogP contribution in [0.15, 0.2) is 34.0 Å². The molecule has 0 unspecified atom stereocenters. The van der Waals surface area contributed by atoms with Gasteiger partial charge in [0.05, 0.1) is 11.7 Å². The molecule has 1 aliphatic heterocycles. The van der Waals surface area contributed by atoms with Gasteiger partial charge in [0.15, 0.2) is 0 Å². The first-order valence-corrected chi connectivity index (χ1v) is 10.3. The summed E-state index contributed by atoms with van der Waals surface area (Å²) in [7, 11) is 0. The Morgan fingerprint density at radius 3 is 2.56 bits per heavy atom. The molecule has 9 heteroatoms. The van der Waals surface area contributed by atoms with Gasteiger partial charge >= 0.3 is 0 Å². The van der Waals surface area contributed by atoms with E-state index in [1.54, 1.807) is 21.1 Å². The number of aromatic nitrogens is 2. The van der Waals surface area contributed by atoms with Gasteiger partial charge in [-0.1, -0.05) is 6.07 Å². The van der Waals surface area contributed by atoms with Crippen molar-refractivity contribution in [1.82, 2.24) is 19.4 Å². The topological polar surface area (TPSA) is 75.5 Å². The molecule has 27 heavy (non-hydrogen) atoms. The lowest BCUT2D eigenvalue weighted by Crippen LogP contribution is -2.51. The first kappa shape index (κ1) is 17.9. The molecule has 1 saturated heterocycles. The summed E-state index contributed by atoms with van der Waals surface area (Å²) in [6.45, 7) is 3.52. The van der Waals surface area contributed by atoms with Gasteiger partial charge in [-0.3, -0.25) is 19.0 Å². The zero-order valence-electron chi connectivity index (χ0n) is 14.8. The van der Waals surface area contributed by atoms with Crippen molar-refractivity contribution < 1.29 is 9.59 Å². The smallest absolute Gasteiger partial charge is 0.263 e. The summed E-state index contributed by atoms with van der Waals surface area (Å²) in [6, 6.07) is 3.92. The lowest BCUT2D eigenvalue weighted by atomic mass is 10.2. The number of nitrogens with zero attached hydrogens (tertiary/aromatic N) is 4. The quantitative estimate of drug-likeness (QED) is 0.670. The lowest BCUT2D eigenvalue weighted by molar-refractivity contribution is -0.138. The van der Waals surface area contributed by atoms with Crippen LogP contribution in [0.4, 0.5) is 0 Å². The molecule has 3 aromatic heterocycles. The average Bonchev–Trinajstić information content (AvgIpc) is 3.33. The van der Waals surface area contributed by atoms with E-state index in [1.165, 1.54) is 29.2 Å². The summed E-state index contributed by atoms with van der Waals surface area (Å²) in [6.07, 6.45) is 1.45. The second-order valence-corrected chi connectivity index (χ2v) is 8.18. The molecular formula is C18H18N4O3S2. The van der Waals surface area contributed by atoms with Gasteiger partial charge in [-0.25, -0.2) is 4.98 Å². The zero-order valence-corrected chi connectivity index (χ0v) is 16.4. The number of rotatable bonds is 3. The van der Waals surface area contributed by atoms with Gasteiger partial charge in [-0.15, -0.1) is 22.7 Å². The van der Waals surface area contributed by atoms with E-state index in [0.29, 0.717) is 36.4 Å². The number of amides is 2. The molecule has 3 aromatic rings. The highest BCUT2D eigenvalue weighted by Crippen LogP contribution is 2.33. The van der Waals surface area contributed by atoms with E-state index in [1.807, 2.05) is 22.9 Å². The van der Waals surface area contributed by atoms with Crippen molar-refractivity contribution in [3.63, 3.8) is 0 Å². The predicted octanol–water partition coefficient (Wildman–Crippen LogP) is 1.88. The summed E-state index contributed by atoms with van der Waals surface area (Å²) >= 11 is 3.01. The SMILES string of the molecule is CC(=O)N1CCN(C(=O)Cn2cnc3scc(-c4cccs4)c3c2=O)CC1. The minimum Gasteiger partial charge on any atom is -0.339 e. The Labute approximate surface area is 163 Å². The third kappa shape index (κ3) is 3.40. The Morgan fingerprint density at radius 2 is 1.89 bits per heavy atom. The molecule has 4 rings (SSSR count). The summed E-state index contributed by atoms with van der Waals surface area (Å²) in [4.78, 5) is 46.5. The molecule has 2 amide bonds. The van der Waals surface area contributed by atoms with Crippen LogP contribution in [0.5, 0.6) is 0 Å². The van der Waals surface area contributed by atoms with Gasteiger partial charge in [0.1, 0.15) is 11.4 Å². The van der Waals surface area contributed by atoms with Crippen molar-refractivity contribution in [2.75, 3.05) is 26.2 Å². The number of fused-ring (bicyclic) bond motifs is 1. The van der Waals surface area contributed by atoms with Crippen molar-refractivity contribution in [2.24, 2.45) is 0 Å². The molecule has 7 nitrogen and oxygen atoms in total. The van der Waals surface area contributed by atoms with Crippen LogP contribution in [-0.2, 0) is 16.1 Å². The van der Waals surface area contributed by atoms with E-state index in [-0.39, 0.29) is 23.9 Å². The summed E-state index contributed by atoms with van der Waals surface area (Å²) in [5.41, 5.74) is 0.680. The van der Waals surface area contributed by atoms with Crippen LogP contribution in [0.3, 0.4) is 0 Å². The largest absolute Gasteiger partial charge is 0.339 e. The molecule has 0 saturated carbocycles. The Hall–Kier alpha value is -2.52. The minimum absolute atomic E-state index is 0.0199. The van der Waals surface area contributed by atoms with Crippen LogP contribution in [0.1, 0.15) is 6.92 Å². The van der Waals surface area contributed by atoms with Crippen LogP contribution in [0.2, 0.25) is 0 Å². The van der Waals surface area contributed by atoms with E-state index in [4.69, 9.17) is 0 Å². The molecular weight excluding hydrogens is 384 g/mol. The van der Waals surface area contributed by atoms with E-state index in [2.05, 4.69) is 4.98 Å². The van der Waals surface area contributed by atoms with Crippen molar-refractivity contribution in [3.8, 4) is 10.4 Å². The van der Waals surface area contributed by atoms with Crippen LogP contribution < -0.4 is 5.56 Å². The highest BCUT2D eigenvalue weighted by atomic mass is 32.1. The molecule has 140 valence electrons. The van der Waals surface area contributed by atoms with Crippen molar-refractivity contribution in [3.05, 3.63) is 39.6 Å². The third-order valence-corrected chi connectivity index (χ3v) is 6.52. The number of piperazine rings is 1. The molecule has 0 aliphatic carbocycles. The van der Waals surface area contributed by atoms with Gasteiger partial charge in [-0.2, -0.15) is 0 Å². The number of thiophene rings is 2. The fraction of sp³-hybridized carbons (Fsp3) is 0.333. The lowest BCUT2D eigenvalue weighted by Gasteiger charge is -2.34. The van der Waals surface area contributed by atoms with Gasteiger partial charge in [-0.05, 0) is 11.4 Å². The highest BCUT2D eigenvalue weighted by molar-refractivity contribution is 7.18. The van der Waals surface area contributed by atoms with Crippen LogP contribution in [0.25, 0.3) is 20.7 Å². The Morgan fingerprint density at radius 1 is 1.15 bits per heavy atom. The number of hydrogen-bond acceptors (Lipinski definition) is 6. The molecule has 1 aliphatic rings. The summed E-state index contributed by atoms with van der Waals surface area (Å²) in [5, 5.41) is 4.48. The van der Waals surface area contributed by atoms with E-state index < -0.39 is 0 Å². The molecule has 0 aromatic carbocycles. The molecule has 1 fully saturated rings. The third-order valence-electron chi connectivity index (χ3n) is 4.73. The van der Waals surface area contributed by atoms with E-state index in [0.717, 1.165) is 10.4 Å². The van der Waals surface area contributed by atoms with Crippen LogP contribution in [0, 0.1) is 0 Å². The van der Waals surface area contributed by atoms with Crippen LogP contribution in [-0.4, -0.2) is 57.3 Å². The fourth-order valence-electron chi connectivity index (χ4n) is 3.21. The number of carbonyl (C=O) groups excluding carboxylic acids is 2. The van der Waals surface area contributed by atoms with E-state index >= 15 is 0 Å². The molecule has 0 radical (unpaired) electrons. The molecule has 0 N–H and O–H groups in total. The molecule has 0 spiro atoms. The Kier molecular flexibility index (Phi) is 4.79. The van der Waals surface area contributed by atoms with Gasteiger partial charge < -0.3 is 9.80 Å². The predicted molar refractivity (Wildman–Crippen MR) is 106 cm³/mol.